The van der Waals surface area contributed by atoms with Crippen molar-refractivity contribution in [2.75, 3.05) is 6.61 Å². The number of esters is 3. The molecule has 1 aliphatic heterocycles. The number of rotatable bonds is 6. The number of hydrogen-bond donors (Lipinski definition) is 0. The van der Waals surface area contributed by atoms with Crippen molar-refractivity contribution in [1.82, 2.24) is 0 Å². The van der Waals surface area contributed by atoms with Gasteiger partial charge in [-0.05, 0) is 24.3 Å². The van der Waals surface area contributed by atoms with Gasteiger partial charge in [0.1, 0.15) is 6.61 Å². The standard InChI is InChI=1S/C21H19FO6S/c1-13(23)27-21-17(22)18(28-20(25)15-10-6-3-7-11-15)16(29-21)12-26-19(24)14-8-4-2-5-9-14/h2-11,16-18,21H,12H2,1H3/t16-,17?,18-,21-/m1/s1. The third-order valence-electron chi connectivity index (χ3n) is 4.17. The van der Waals surface area contributed by atoms with Crippen molar-refractivity contribution >= 4 is 29.7 Å². The van der Waals surface area contributed by atoms with Crippen LogP contribution >= 0.6 is 11.8 Å². The molecule has 6 nitrogen and oxygen atoms in total. The molecule has 0 saturated carbocycles. The van der Waals surface area contributed by atoms with Gasteiger partial charge in [-0.3, -0.25) is 4.79 Å². The lowest BCUT2D eigenvalue weighted by molar-refractivity contribution is -0.145. The number of benzene rings is 2. The molecule has 1 saturated heterocycles. The Balaban J connectivity index is 1.70. The topological polar surface area (TPSA) is 78.9 Å². The number of halogens is 1. The Morgan fingerprint density at radius 3 is 2.00 bits per heavy atom. The molecule has 0 aromatic heterocycles. The Morgan fingerprint density at radius 2 is 1.45 bits per heavy atom. The predicted molar refractivity (Wildman–Crippen MR) is 104 cm³/mol. The lowest BCUT2D eigenvalue weighted by atomic mass is 10.1. The number of carbonyl (C=O) groups is 3. The molecule has 0 aliphatic carbocycles. The summed E-state index contributed by atoms with van der Waals surface area (Å²) in [6, 6.07) is 16.5. The third kappa shape index (κ3) is 5.35. The van der Waals surface area contributed by atoms with Gasteiger partial charge in [0, 0.05) is 6.92 Å². The SMILES string of the molecule is CC(=O)O[C@@H]1S[C@H](COC(=O)c2ccccc2)[C@@H](OC(=O)c2ccccc2)C1F. The van der Waals surface area contributed by atoms with Gasteiger partial charge in [0.2, 0.25) is 0 Å². The number of carbonyl (C=O) groups excluding carboxylic acids is 3. The second kappa shape index (κ2) is 9.56. The third-order valence-corrected chi connectivity index (χ3v) is 5.55. The van der Waals surface area contributed by atoms with Crippen LogP contribution in [-0.2, 0) is 19.0 Å². The van der Waals surface area contributed by atoms with Crippen LogP contribution in [0.3, 0.4) is 0 Å². The minimum atomic E-state index is -1.75. The first-order valence-electron chi connectivity index (χ1n) is 8.90. The summed E-state index contributed by atoms with van der Waals surface area (Å²) in [7, 11) is 0. The Morgan fingerprint density at radius 1 is 0.897 bits per heavy atom. The van der Waals surface area contributed by atoms with Gasteiger partial charge >= 0.3 is 17.9 Å². The van der Waals surface area contributed by atoms with E-state index in [9.17, 15) is 18.8 Å². The minimum absolute atomic E-state index is 0.205. The first-order valence-corrected chi connectivity index (χ1v) is 9.85. The van der Waals surface area contributed by atoms with Gasteiger partial charge in [-0.15, -0.1) is 11.8 Å². The maximum absolute atomic E-state index is 14.9. The monoisotopic (exact) mass is 418 g/mol. The second-order valence-corrected chi connectivity index (χ2v) is 7.64. The lowest BCUT2D eigenvalue weighted by Crippen LogP contribution is -2.37. The highest BCUT2D eigenvalue weighted by molar-refractivity contribution is 8.00. The first-order chi connectivity index (χ1) is 14.0. The Labute approximate surface area is 171 Å². The normalized spacial score (nSPS) is 23.2. The average Bonchev–Trinajstić information content (AvgIpc) is 3.01. The van der Waals surface area contributed by atoms with Crippen molar-refractivity contribution in [3.05, 3.63) is 71.8 Å². The molecule has 29 heavy (non-hydrogen) atoms. The smallest absolute Gasteiger partial charge is 0.338 e. The average molecular weight is 418 g/mol. The van der Waals surface area contributed by atoms with Crippen molar-refractivity contribution in [3.8, 4) is 0 Å². The van der Waals surface area contributed by atoms with E-state index in [-0.39, 0.29) is 12.2 Å². The quantitative estimate of drug-likeness (QED) is 0.525. The summed E-state index contributed by atoms with van der Waals surface area (Å²) in [5.41, 5.74) is -0.538. The Hall–Kier alpha value is -2.87. The number of alkyl halides is 1. The zero-order valence-electron chi connectivity index (χ0n) is 15.5. The molecular formula is C21H19FO6S. The fourth-order valence-electron chi connectivity index (χ4n) is 2.80. The van der Waals surface area contributed by atoms with Gasteiger partial charge < -0.3 is 14.2 Å². The molecule has 1 fully saturated rings. The molecule has 3 rings (SSSR count). The molecule has 1 aliphatic rings. The van der Waals surface area contributed by atoms with E-state index in [4.69, 9.17) is 14.2 Å². The van der Waals surface area contributed by atoms with Gasteiger partial charge in [-0.2, -0.15) is 0 Å². The number of thioether (sulfide) groups is 1. The van der Waals surface area contributed by atoms with E-state index < -0.39 is 40.9 Å². The molecule has 1 heterocycles. The molecule has 0 amide bonds. The first kappa shape index (κ1) is 20.9. The fourth-order valence-corrected chi connectivity index (χ4v) is 4.15. The van der Waals surface area contributed by atoms with E-state index in [0.717, 1.165) is 11.8 Å². The molecule has 2 aromatic carbocycles. The molecule has 0 bridgehead atoms. The molecule has 0 radical (unpaired) electrons. The summed E-state index contributed by atoms with van der Waals surface area (Å²) in [6.07, 6.45) is -2.99. The summed E-state index contributed by atoms with van der Waals surface area (Å²) in [4.78, 5) is 35.8. The van der Waals surface area contributed by atoms with Crippen molar-refractivity contribution in [2.24, 2.45) is 0 Å². The lowest BCUT2D eigenvalue weighted by Gasteiger charge is -2.20. The van der Waals surface area contributed by atoms with E-state index in [1.165, 1.54) is 6.92 Å². The minimum Gasteiger partial charge on any atom is -0.461 e. The maximum atomic E-state index is 14.9. The highest BCUT2D eigenvalue weighted by Crippen LogP contribution is 2.39. The highest BCUT2D eigenvalue weighted by atomic mass is 32.2. The van der Waals surface area contributed by atoms with Crippen LogP contribution in [0.25, 0.3) is 0 Å². The molecule has 2 aromatic rings. The van der Waals surface area contributed by atoms with Crippen LogP contribution in [0.5, 0.6) is 0 Å². The van der Waals surface area contributed by atoms with E-state index in [0.29, 0.717) is 5.56 Å². The van der Waals surface area contributed by atoms with Crippen LogP contribution in [0.4, 0.5) is 4.39 Å². The largest absolute Gasteiger partial charge is 0.461 e. The number of ether oxygens (including phenoxy) is 3. The van der Waals surface area contributed by atoms with Crippen molar-refractivity contribution in [3.63, 3.8) is 0 Å². The summed E-state index contributed by atoms with van der Waals surface area (Å²) < 4.78 is 30.5. The fraction of sp³-hybridized carbons (Fsp3) is 0.286. The zero-order valence-corrected chi connectivity index (χ0v) is 16.3. The van der Waals surface area contributed by atoms with Gasteiger partial charge in [-0.1, -0.05) is 36.4 Å². The van der Waals surface area contributed by atoms with Crippen molar-refractivity contribution in [2.45, 2.75) is 29.9 Å². The second-order valence-electron chi connectivity index (χ2n) is 6.30. The van der Waals surface area contributed by atoms with E-state index in [2.05, 4.69) is 0 Å². The molecule has 0 spiro atoms. The number of hydrogen-bond acceptors (Lipinski definition) is 7. The molecule has 4 atom stereocenters. The Bertz CT molecular complexity index is 860. The van der Waals surface area contributed by atoms with Crippen LogP contribution < -0.4 is 0 Å². The van der Waals surface area contributed by atoms with Crippen molar-refractivity contribution < 1.29 is 33.0 Å². The zero-order chi connectivity index (χ0) is 20.8. The van der Waals surface area contributed by atoms with Crippen LogP contribution in [0.1, 0.15) is 27.6 Å². The Kier molecular flexibility index (Phi) is 6.87. The van der Waals surface area contributed by atoms with Gasteiger partial charge in [0.15, 0.2) is 17.7 Å². The van der Waals surface area contributed by atoms with Gasteiger partial charge in [0.25, 0.3) is 0 Å². The molecular weight excluding hydrogens is 399 g/mol. The molecule has 8 heteroatoms. The molecule has 152 valence electrons. The van der Waals surface area contributed by atoms with Crippen molar-refractivity contribution in [1.29, 1.82) is 0 Å². The van der Waals surface area contributed by atoms with Gasteiger partial charge in [0.05, 0.1) is 16.4 Å². The van der Waals surface area contributed by atoms with E-state index >= 15 is 0 Å². The van der Waals surface area contributed by atoms with E-state index in [1.54, 1.807) is 60.7 Å². The summed E-state index contributed by atoms with van der Waals surface area (Å²) >= 11 is 0.957. The molecule has 1 unspecified atom stereocenters. The highest BCUT2D eigenvalue weighted by Gasteiger charge is 2.49. The summed E-state index contributed by atoms with van der Waals surface area (Å²) in [5, 5.41) is -0.727. The van der Waals surface area contributed by atoms with E-state index in [1.807, 2.05) is 0 Å². The van der Waals surface area contributed by atoms with Crippen LogP contribution in [0.15, 0.2) is 60.7 Å². The van der Waals surface area contributed by atoms with Crippen LogP contribution in [0, 0.1) is 0 Å². The van der Waals surface area contributed by atoms with Gasteiger partial charge in [-0.25, -0.2) is 14.0 Å². The van der Waals surface area contributed by atoms with Crippen LogP contribution in [-0.4, -0.2) is 47.5 Å². The summed E-state index contributed by atoms with van der Waals surface area (Å²) in [5.74, 6) is -1.94. The summed E-state index contributed by atoms with van der Waals surface area (Å²) in [6.45, 7) is 0.963. The maximum Gasteiger partial charge on any atom is 0.338 e. The van der Waals surface area contributed by atoms with Crippen LogP contribution in [0.2, 0.25) is 0 Å². The predicted octanol–water partition coefficient (Wildman–Crippen LogP) is 3.41. The molecule has 0 N–H and O–H groups in total.